The van der Waals surface area contributed by atoms with Gasteiger partial charge in [-0.2, -0.15) is 0 Å². The molecule has 0 aliphatic rings. The summed E-state index contributed by atoms with van der Waals surface area (Å²) in [4.78, 5) is 0. The fourth-order valence-electron chi connectivity index (χ4n) is 1.00. The largest absolute Gasteiger partial charge is 0.483 e. The topological polar surface area (TPSA) is 27.7 Å². The molecule has 0 saturated heterocycles. The highest BCUT2D eigenvalue weighted by molar-refractivity contribution is 6.36. The molecule has 0 N–H and O–H groups in total. The van der Waals surface area contributed by atoms with Crippen molar-refractivity contribution in [1.29, 1.82) is 0 Å². The predicted molar refractivity (Wildman–Crippen MR) is 64.0 cm³/mol. The number of aryl methyl sites for hydroxylation is 1. The van der Waals surface area contributed by atoms with Crippen LogP contribution in [0, 0.1) is 0 Å². The second-order valence-electron chi connectivity index (χ2n) is 2.83. The summed E-state index contributed by atoms with van der Waals surface area (Å²) in [5.41, 5.74) is 1.41. The van der Waals surface area contributed by atoms with Crippen LogP contribution in [0.15, 0.2) is 30.3 Å². The van der Waals surface area contributed by atoms with Gasteiger partial charge in [-0.3, -0.25) is 0 Å². The lowest BCUT2D eigenvalue weighted by atomic mass is 10.2. The Balaban J connectivity index is 0.000000265. The van der Waals surface area contributed by atoms with Gasteiger partial charge in [-0.05, 0) is 12.0 Å². The normalized spacial score (nSPS) is 9.67. The molecule has 3 nitrogen and oxygen atoms in total. The zero-order chi connectivity index (χ0) is 11.5. The molecule has 0 unspecified atom stereocenters. The second-order valence-corrected chi connectivity index (χ2v) is 4.83. The highest BCUT2D eigenvalue weighted by atomic mass is 28.3. The van der Waals surface area contributed by atoms with Crippen LogP contribution in [-0.4, -0.2) is 30.9 Å². The SMILES string of the molecule is CCc1ccccc1.CO[SiH](OC)OC. The second kappa shape index (κ2) is 9.86. The fourth-order valence-corrected chi connectivity index (χ4v) is 1.58. The van der Waals surface area contributed by atoms with E-state index in [4.69, 9.17) is 13.3 Å². The zero-order valence-corrected chi connectivity index (χ0v) is 11.1. The maximum Gasteiger partial charge on any atom is 0.483 e. The summed E-state index contributed by atoms with van der Waals surface area (Å²) in [6, 6.07) is 10.5. The van der Waals surface area contributed by atoms with Crippen LogP contribution >= 0.6 is 0 Å². The van der Waals surface area contributed by atoms with Gasteiger partial charge in [-0.1, -0.05) is 37.3 Å². The molecule has 0 aliphatic carbocycles. The first kappa shape index (κ1) is 14.3. The third kappa shape index (κ3) is 7.27. The van der Waals surface area contributed by atoms with Crippen LogP contribution in [0.3, 0.4) is 0 Å². The minimum absolute atomic E-state index is 1.14. The van der Waals surface area contributed by atoms with Crippen molar-refractivity contribution >= 4 is 9.53 Å². The van der Waals surface area contributed by atoms with Gasteiger partial charge in [0.05, 0.1) is 0 Å². The zero-order valence-electron chi connectivity index (χ0n) is 9.90. The number of rotatable bonds is 4. The average Bonchev–Trinajstić information content (AvgIpc) is 2.33. The molecule has 0 aromatic heterocycles. The third-order valence-electron chi connectivity index (χ3n) is 1.83. The summed E-state index contributed by atoms with van der Waals surface area (Å²) in [6.45, 7) is 2.16. The van der Waals surface area contributed by atoms with Crippen molar-refractivity contribution in [2.75, 3.05) is 21.3 Å². The molecular formula is C11H20O3Si. The maximum atomic E-state index is 4.74. The van der Waals surface area contributed by atoms with E-state index in [-0.39, 0.29) is 0 Å². The highest BCUT2D eigenvalue weighted by Gasteiger charge is 2.04. The van der Waals surface area contributed by atoms with E-state index in [9.17, 15) is 0 Å². The van der Waals surface area contributed by atoms with Crippen molar-refractivity contribution in [2.45, 2.75) is 13.3 Å². The molecule has 1 aromatic rings. The van der Waals surface area contributed by atoms with Gasteiger partial charge in [-0.25, -0.2) is 0 Å². The quantitative estimate of drug-likeness (QED) is 0.737. The van der Waals surface area contributed by atoms with Gasteiger partial charge in [0.1, 0.15) is 0 Å². The van der Waals surface area contributed by atoms with Gasteiger partial charge < -0.3 is 13.3 Å². The van der Waals surface area contributed by atoms with E-state index in [1.807, 2.05) is 6.07 Å². The Morgan fingerprint density at radius 2 is 1.40 bits per heavy atom. The Bertz CT molecular complexity index is 219. The number of hydrogen-bond acceptors (Lipinski definition) is 3. The van der Waals surface area contributed by atoms with Gasteiger partial charge in [0.25, 0.3) is 0 Å². The summed E-state index contributed by atoms with van der Waals surface area (Å²) in [7, 11) is 3.05. The minimum Gasteiger partial charge on any atom is -0.379 e. The number of hydrogen-bond donors (Lipinski definition) is 0. The first-order valence-electron chi connectivity index (χ1n) is 4.90. The first-order valence-corrected chi connectivity index (χ1v) is 6.32. The Labute approximate surface area is 94.0 Å². The molecule has 0 bridgehead atoms. The summed E-state index contributed by atoms with van der Waals surface area (Å²) >= 11 is 0. The molecule has 15 heavy (non-hydrogen) atoms. The van der Waals surface area contributed by atoms with E-state index >= 15 is 0 Å². The molecule has 86 valence electrons. The van der Waals surface area contributed by atoms with Crippen LogP contribution < -0.4 is 0 Å². The Morgan fingerprint density at radius 1 is 0.933 bits per heavy atom. The molecule has 4 heteroatoms. The molecule has 0 radical (unpaired) electrons. The van der Waals surface area contributed by atoms with Crippen molar-refractivity contribution in [2.24, 2.45) is 0 Å². The molecule has 0 spiro atoms. The summed E-state index contributed by atoms with van der Waals surface area (Å²) in [5.74, 6) is 0. The lowest BCUT2D eigenvalue weighted by Gasteiger charge is -2.05. The van der Waals surface area contributed by atoms with Crippen LogP contribution in [0.25, 0.3) is 0 Å². The standard InChI is InChI=1S/C8H10.C3H10O3Si/c1-2-8-6-4-3-5-7-8;1-4-7(5-2)6-3/h3-7H,2H2,1H3;7H,1-3H3. The van der Waals surface area contributed by atoms with Crippen LogP contribution in [0.4, 0.5) is 0 Å². The summed E-state index contributed by atoms with van der Waals surface area (Å²) in [5, 5.41) is 0. The Morgan fingerprint density at radius 3 is 1.60 bits per heavy atom. The molecular weight excluding hydrogens is 208 g/mol. The first-order chi connectivity index (χ1) is 7.28. The molecule has 0 atom stereocenters. The van der Waals surface area contributed by atoms with Gasteiger partial charge in [0.15, 0.2) is 0 Å². The van der Waals surface area contributed by atoms with E-state index in [2.05, 4.69) is 31.2 Å². The van der Waals surface area contributed by atoms with Crippen LogP contribution in [0.5, 0.6) is 0 Å². The Hall–Kier alpha value is -0.683. The van der Waals surface area contributed by atoms with Gasteiger partial charge >= 0.3 is 9.53 Å². The van der Waals surface area contributed by atoms with Crippen molar-refractivity contribution in [3.8, 4) is 0 Å². The van der Waals surface area contributed by atoms with Crippen LogP contribution in [0.2, 0.25) is 0 Å². The van der Waals surface area contributed by atoms with Gasteiger partial charge in [-0.15, -0.1) is 0 Å². The van der Waals surface area contributed by atoms with Crippen molar-refractivity contribution in [1.82, 2.24) is 0 Å². The highest BCUT2D eigenvalue weighted by Crippen LogP contribution is 1.96. The van der Waals surface area contributed by atoms with Crippen molar-refractivity contribution in [3.05, 3.63) is 35.9 Å². The molecule has 0 amide bonds. The fraction of sp³-hybridized carbons (Fsp3) is 0.455. The molecule has 0 aliphatic heterocycles. The van der Waals surface area contributed by atoms with Crippen molar-refractivity contribution < 1.29 is 13.3 Å². The summed E-state index contributed by atoms with van der Waals surface area (Å²) in [6.07, 6.45) is 1.14. The Kier molecular flexibility index (Phi) is 9.41. The van der Waals surface area contributed by atoms with E-state index in [1.54, 1.807) is 21.3 Å². The lowest BCUT2D eigenvalue weighted by Crippen LogP contribution is -2.21. The third-order valence-corrected chi connectivity index (χ3v) is 2.98. The van der Waals surface area contributed by atoms with Crippen molar-refractivity contribution in [3.63, 3.8) is 0 Å². The molecule has 0 fully saturated rings. The molecule has 1 rings (SSSR count). The monoisotopic (exact) mass is 228 g/mol. The predicted octanol–water partition coefficient (Wildman–Crippen LogP) is 1.89. The van der Waals surface area contributed by atoms with Crippen LogP contribution in [0.1, 0.15) is 12.5 Å². The maximum absolute atomic E-state index is 4.74. The van der Waals surface area contributed by atoms with Crippen LogP contribution in [-0.2, 0) is 19.7 Å². The van der Waals surface area contributed by atoms with Gasteiger partial charge in [0.2, 0.25) is 0 Å². The minimum atomic E-state index is -1.67. The number of benzene rings is 1. The van der Waals surface area contributed by atoms with Gasteiger partial charge in [0, 0.05) is 21.3 Å². The molecule has 0 heterocycles. The average molecular weight is 228 g/mol. The van der Waals surface area contributed by atoms with E-state index < -0.39 is 9.53 Å². The molecule has 1 aromatic carbocycles. The lowest BCUT2D eigenvalue weighted by molar-refractivity contribution is 0.163. The smallest absolute Gasteiger partial charge is 0.379 e. The van der Waals surface area contributed by atoms with E-state index in [0.29, 0.717) is 0 Å². The van der Waals surface area contributed by atoms with E-state index in [1.165, 1.54) is 5.56 Å². The molecule has 0 saturated carbocycles. The summed E-state index contributed by atoms with van der Waals surface area (Å²) < 4.78 is 14.2. The van der Waals surface area contributed by atoms with E-state index in [0.717, 1.165) is 6.42 Å².